The average molecular weight is 357 g/mol. The van der Waals surface area contributed by atoms with Crippen molar-refractivity contribution in [1.82, 2.24) is 10.2 Å². The molecular formula is C22H32N2O2. The minimum absolute atomic E-state index is 0.106. The molecule has 26 heavy (non-hydrogen) atoms. The van der Waals surface area contributed by atoms with Gasteiger partial charge in [0.05, 0.1) is 13.2 Å². The van der Waals surface area contributed by atoms with Crippen molar-refractivity contribution < 1.29 is 9.90 Å². The molecular weight excluding hydrogens is 324 g/mol. The third kappa shape index (κ3) is 5.42. The van der Waals surface area contributed by atoms with Crippen molar-refractivity contribution in [1.29, 1.82) is 0 Å². The molecule has 142 valence electrons. The lowest BCUT2D eigenvalue weighted by atomic mass is 9.86. The van der Waals surface area contributed by atoms with Crippen LogP contribution in [0.3, 0.4) is 0 Å². The summed E-state index contributed by atoms with van der Waals surface area (Å²) in [5, 5.41) is 12.6. The number of nitrogens with zero attached hydrogens (tertiary/aromatic N) is 1. The van der Waals surface area contributed by atoms with Crippen molar-refractivity contribution in [2.45, 2.75) is 57.5 Å². The van der Waals surface area contributed by atoms with Gasteiger partial charge in [0.1, 0.15) is 0 Å². The fraction of sp³-hybridized carbons (Fsp3) is 0.591. The highest BCUT2D eigenvalue weighted by Crippen LogP contribution is 2.30. The molecule has 2 aliphatic rings. The normalized spacial score (nSPS) is 19.2. The zero-order valence-electron chi connectivity index (χ0n) is 15.8. The van der Waals surface area contributed by atoms with Gasteiger partial charge in [0.25, 0.3) is 0 Å². The van der Waals surface area contributed by atoms with Crippen LogP contribution in [0.1, 0.15) is 62.0 Å². The smallest absolute Gasteiger partial charge is 0.234 e. The second-order valence-electron chi connectivity index (χ2n) is 7.62. The first-order valence-electron chi connectivity index (χ1n) is 10.1. The summed E-state index contributed by atoms with van der Waals surface area (Å²) in [6, 6.07) is 8.18. The predicted molar refractivity (Wildman–Crippen MR) is 105 cm³/mol. The van der Waals surface area contributed by atoms with Crippen LogP contribution in [0.15, 0.2) is 35.9 Å². The van der Waals surface area contributed by atoms with Crippen LogP contribution in [0.5, 0.6) is 0 Å². The minimum atomic E-state index is 0.106. The molecule has 0 unspecified atom stereocenters. The highest BCUT2D eigenvalue weighted by molar-refractivity contribution is 5.78. The molecule has 1 aliphatic heterocycles. The van der Waals surface area contributed by atoms with E-state index in [1.54, 1.807) is 0 Å². The van der Waals surface area contributed by atoms with E-state index in [2.05, 4.69) is 28.4 Å². The Morgan fingerprint density at radius 1 is 1.19 bits per heavy atom. The Kier molecular flexibility index (Phi) is 7.27. The fourth-order valence-corrected chi connectivity index (χ4v) is 4.23. The van der Waals surface area contributed by atoms with Crippen LogP contribution in [0.25, 0.3) is 0 Å². The molecule has 1 aromatic rings. The highest BCUT2D eigenvalue weighted by atomic mass is 16.3. The maximum Gasteiger partial charge on any atom is 0.234 e. The molecule has 0 spiro atoms. The molecule has 4 heteroatoms. The molecule has 0 radical (unpaired) electrons. The Labute approximate surface area is 157 Å². The van der Waals surface area contributed by atoms with Gasteiger partial charge >= 0.3 is 0 Å². The number of allylic oxidation sites excluding steroid dienone is 1. The molecule has 1 fully saturated rings. The van der Waals surface area contributed by atoms with Crippen LogP contribution in [0.4, 0.5) is 0 Å². The number of aliphatic hydroxyl groups is 1. The van der Waals surface area contributed by atoms with Crippen LogP contribution in [0, 0.1) is 0 Å². The van der Waals surface area contributed by atoms with Gasteiger partial charge in [0, 0.05) is 6.54 Å². The van der Waals surface area contributed by atoms with E-state index in [4.69, 9.17) is 0 Å². The first-order valence-corrected chi connectivity index (χ1v) is 10.1. The summed E-state index contributed by atoms with van der Waals surface area (Å²) >= 11 is 0. The van der Waals surface area contributed by atoms with Crippen LogP contribution < -0.4 is 5.32 Å². The maximum atomic E-state index is 12.2. The van der Waals surface area contributed by atoms with E-state index in [1.807, 2.05) is 12.1 Å². The first kappa shape index (κ1) is 19.1. The third-order valence-corrected chi connectivity index (χ3v) is 5.77. The van der Waals surface area contributed by atoms with Gasteiger partial charge in [-0.15, -0.1) is 0 Å². The largest absolute Gasteiger partial charge is 0.392 e. The van der Waals surface area contributed by atoms with Crippen molar-refractivity contribution in [2.24, 2.45) is 0 Å². The van der Waals surface area contributed by atoms with Gasteiger partial charge < -0.3 is 10.4 Å². The van der Waals surface area contributed by atoms with Crippen molar-refractivity contribution >= 4 is 5.91 Å². The summed E-state index contributed by atoms with van der Waals surface area (Å²) in [5.41, 5.74) is 3.83. The number of rotatable bonds is 7. The van der Waals surface area contributed by atoms with Crippen molar-refractivity contribution in [3.8, 4) is 0 Å². The Bertz CT molecular complexity index is 618. The van der Waals surface area contributed by atoms with Crippen molar-refractivity contribution in [2.75, 3.05) is 26.2 Å². The second kappa shape index (κ2) is 9.89. The maximum absolute atomic E-state index is 12.2. The van der Waals surface area contributed by atoms with E-state index in [9.17, 15) is 9.90 Å². The van der Waals surface area contributed by atoms with Gasteiger partial charge in [0.2, 0.25) is 5.91 Å². The van der Waals surface area contributed by atoms with Gasteiger partial charge in [-0.3, -0.25) is 9.69 Å². The lowest BCUT2D eigenvalue weighted by Crippen LogP contribution is -2.41. The van der Waals surface area contributed by atoms with Gasteiger partial charge in [0.15, 0.2) is 0 Å². The molecule has 0 aromatic heterocycles. The SMILES string of the molecule is O=C(CN1CCC(c2ccccc2CO)CC1)NCCC1=CCCCC1. The second-order valence-corrected chi connectivity index (χ2v) is 7.62. The standard InChI is InChI=1S/C22H32N2O2/c25-17-20-8-4-5-9-21(20)19-11-14-24(15-12-19)16-22(26)23-13-10-18-6-2-1-3-7-18/h4-6,8-9,19,25H,1-3,7,10-17H2,(H,23,26). The quantitative estimate of drug-likeness (QED) is 0.737. The molecule has 2 N–H and O–H groups in total. The number of piperidine rings is 1. The molecule has 1 heterocycles. The Morgan fingerprint density at radius 3 is 2.73 bits per heavy atom. The fourth-order valence-electron chi connectivity index (χ4n) is 4.23. The minimum Gasteiger partial charge on any atom is -0.392 e. The Hall–Kier alpha value is -1.65. The summed E-state index contributed by atoms with van der Waals surface area (Å²) < 4.78 is 0. The van der Waals surface area contributed by atoms with Crippen molar-refractivity contribution in [3.63, 3.8) is 0 Å². The summed E-state index contributed by atoms with van der Waals surface area (Å²) in [4.78, 5) is 14.5. The number of hydrogen-bond donors (Lipinski definition) is 2. The third-order valence-electron chi connectivity index (χ3n) is 5.77. The number of benzene rings is 1. The molecule has 1 amide bonds. The average Bonchev–Trinajstić information content (AvgIpc) is 2.69. The number of nitrogens with one attached hydrogen (secondary N) is 1. The van der Waals surface area contributed by atoms with E-state index in [1.165, 1.54) is 36.8 Å². The van der Waals surface area contributed by atoms with Gasteiger partial charge in [-0.05, 0) is 75.1 Å². The number of amides is 1. The molecule has 4 nitrogen and oxygen atoms in total. The molecule has 0 bridgehead atoms. The first-order chi connectivity index (χ1) is 12.8. The monoisotopic (exact) mass is 356 g/mol. The molecule has 0 atom stereocenters. The molecule has 1 aliphatic carbocycles. The zero-order valence-corrected chi connectivity index (χ0v) is 15.8. The predicted octanol–water partition coefficient (Wildman–Crippen LogP) is 3.37. The van der Waals surface area contributed by atoms with Crippen LogP contribution in [0.2, 0.25) is 0 Å². The highest BCUT2D eigenvalue weighted by Gasteiger charge is 2.23. The number of aliphatic hydroxyl groups excluding tert-OH is 1. The summed E-state index contributed by atoms with van der Waals surface area (Å²) in [6.07, 6.45) is 10.5. The number of hydrogen-bond acceptors (Lipinski definition) is 3. The lowest BCUT2D eigenvalue weighted by Gasteiger charge is -2.32. The number of likely N-dealkylation sites (tertiary alicyclic amines) is 1. The van der Waals surface area contributed by atoms with E-state index < -0.39 is 0 Å². The van der Waals surface area contributed by atoms with E-state index in [0.717, 1.165) is 44.5 Å². The summed E-state index contributed by atoms with van der Waals surface area (Å²) in [5.74, 6) is 0.645. The van der Waals surface area contributed by atoms with Gasteiger partial charge in [-0.2, -0.15) is 0 Å². The van der Waals surface area contributed by atoms with Gasteiger partial charge in [-0.25, -0.2) is 0 Å². The van der Waals surface area contributed by atoms with E-state index in [-0.39, 0.29) is 12.5 Å². The molecule has 0 saturated carbocycles. The summed E-state index contributed by atoms with van der Waals surface area (Å²) in [7, 11) is 0. The molecule has 3 rings (SSSR count). The Morgan fingerprint density at radius 2 is 2.00 bits per heavy atom. The van der Waals surface area contributed by atoms with E-state index in [0.29, 0.717) is 12.5 Å². The van der Waals surface area contributed by atoms with E-state index >= 15 is 0 Å². The number of carbonyl (C=O) groups excluding carboxylic acids is 1. The van der Waals surface area contributed by atoms with Crippen LogP contribution in [-0.2, 0) is 11.4 Å². The van der Waals surface area contributed by atoms with Gasteiger partial charge in [-0.1, -0.05) is 35.9 Å². The lowest BCUT2D eigenvalue weighted by molar-refractivity contribution is -0.122. The molecule has 1 saturated heterocycles. The van der Waals surface area contributed by atoms with Crippen LogP contribution >= 0.6 is 0 Å². The summed E-state index contributed by atoms with van der Waals surface area (Å²) in [6.45, 7) is 3.28. The Balaban J connectivity index is 1.38. The zero-order chi connectivity index (χ0) is 18.2. The van der Waals surface area contributed by atoms with Crippen molar-refractivity contribution in [3.05, 3.63) is 47.0 Å². The topological polar surface area (TPSA) is 52.6 Å². The molecule has 1 aromatic carbocycles. The number of carbonyl (C=O) groups is 1. The van der Waals surface area contributed by atoms with Crippen LogP contribution in [-0.4, -0.2) is 42.1 Å².